The molecule has 64 valence electrons. The van der Waals surface area contributed by atoms with Crippen molar-refractivity contribution in [3.05, 3.63) is 26.4 Å². The van der Waals surface area contributed by atoms with Crippen molar-refractivity contribution in [3.63, 3.8) is 0 Å². The molecule has 1 rings (SSSR count). The summed E-state index contributed by atoms with van der Waals surface area (Å²) >= 11 is 10.7. The summed E-state index contributed by atoms with van der Waals surface area (Å²) in [5.41, 5.74) is -1.55. The molecule has 0 atom stereocenters. The highest BCUT2D eigenvalue weighted by atomic mass is 35.5. The van der Waals surface area contributed by atoms with E-state index in [4.69, 9.17) is 28.3 Å². The standard InChI is InChI=1S/C5H2Cl2N2O3/c6-2-3(7)9-4(10)1(8-2)5(11)12/h(H,9,10)(H,11,12). The van der Waals surface area contributed by atoms with Crippen LogP contribution >= 0.6 is 23.2 Å². The van der Waals surface area contributed by atoms with Gasteiger partial charge in [-0.15, -0.1) is 0 Å². The fraction of sp³-hybridized carbons (Fsp3) is 0. The third-order valence-corrected chi connectivity index (χ3v) is 1.68. The van der Waals surface area contributed by atoms with Crippen molar-refractivity contribution in [2.45, 2.75) is 0 Å². The molecule has 7 heteroatoms. The first kappa shape index (κ1) is 9.02. The number of aromatic amines is 1. The average Bonchev–Trinajstić information content (AvgIpc) is 1.96. The predicted molar refractivity (Wildman–Crippen MR) is 41.8 cm³/mol. The van der Waals surface area contributed by atoms with E-state index >= 15 is 0 Å². The molecule has 0 amide bonds. The first-order valence-corrected chi connectivity index (χ1v) is 3.46. The summed E-state index contributed by atoms with van der Waals surface area (Å²) in [7, 11) is 0. The van der Waals surface area contributed by atoms with Gasteiger partial charge in [0.05, 0.1) is 0 Å². The van der Waals surface area contributed by atoms with Crippen LogP contribution in [0.4, 0.5) is 0 Å². The van der Waals surface area contributed by atoms with Crippen molar-refractivity contribution in [2.24, 2.45) is 0 Å². The molecule has 0 saturated heterocycles. The van der Waals surface area contributed by atoms with Crippen LogP contribution in [0.15, 0.2) is 4.79 Å². The summed E-state index contributed by atoms with van der Waals surface area (Å²) < 4.78 is 0. The molecule has 0 aliphatic rings. The van der Waals surface area contributed by atoms with Crippen molar-refractivity contribution in [1.29, 1.82) is 0 Å². The van der Waals surface area contributed by atoms with Crippen molar-refractivity contribution < 1.29 is 9.90 Å². The van der Waals surface area contributed by atoms with Crippen molar-refractivity contribution >= 4 is 29.2 Å². The zero-order valence-corrected chi connectivity index (χ0v) is 6.98. The van der Waals surface area contributed by atoms with Gasteiger partial charge in [-0.05, 0) is 0 Å². The van der Waals surface area contributed by atoms with E-state index in [1.54, 1.807) is 0 Å². The third-order valence-electron chi connectivity index (χ3n) is 1.03. The van der Waals surface area contributed by atoms with Crippen LogP contribution in [0.3, 0.4) is 0 Å². The Morgan fingerprint density at radius 3 is 2.58 bits per heavy atom. The van der Waals surface area contributed by atoms with Crippen LogP contribution in [-0.2, 0) is 0 Å². The number of aromatic carboxylic acids is 1. The molecule has 1 heterocycles. The molecule has 2 N–H and O–H groups in total. The highest BCUT2D eigenvalue weighted by Crippen LogP contribution is 2.13. The summed E-state index contributed by atoms with van der Waals surface area (Å²) in [5, 5.41) is 7.98. The molecule has 12 heavy (non-hydrogen) atoms. The summed E-state index contributed by atoms with van der Waals surface area (Å²) in [5.74, 6) is -1.45. The average molecular weight is 209 g/mol. The summed E-state index contributed by atoms with van der Waals surface area (Å²) in [6, 6.07) is 0. The van der Waals surface area contributed by atoms with E-state index < -0.39 is 17.2 Å². The first-order valence-electron chi connectivity index (χ1n) is 2.71. The third kappa shape index (κ3) is 1.57. The summed E-state index contributed by atoms with van der Waals surface area (Å²) in [6.45, 7) is 0. The number of aromatic nitrogens is 2. The molecular weight excluding hydrogens is 207 g/mol. The second kappa shape index (κ2) is 3.12. The fourth-order valence-corrected chi connectivity index (χ4v) is 0.813. The minimum absolute atomic E-state index is 0.174. The highest BCUT2D eigenvalue weighted by molar-refractivity contribution is 6.40. The van der Waals surface area contributed by atoms with Gasteiger partial charge >= 0.3 is 5.97 Å². The van der Waals surface area contributed by atoms with Gasteiger partial charge in [0.1, 0.15) is 5.15 Å². The van der Waals surface area contributed by atoms with Gasteiger partial charge < -0.3 is 10.1 Å². The fourth-order valence-electron chi connectivity index (χ4n) is 0.553. The number of carbonyl (C=O) groups is 1. The van der Waals surface area contributed by atoms with Gasteiger partial charge in [0.25, 0.3) is 5.56 Å². The smallest absolute Gasteiger partial charge is 0.360 e. The zero-order chi connectivity index (χ0) is 9.30. The first-order chi connectivity index (χ1) is 5.52. The van der Waals surface area contributed by atoms with Gasteiger partial charge in [-0.3, -0.25) is 4.79 Å². The Balaban J connectivity index is 3.43. The lowest BCUT2D eigenvalue weighted by molar-refractivity contribution is 0.0688. The quantitative estimate of drug-likeness (QED) is 0.715. The van der Waals surface area contributed by atoms with Crippen LogP contribution in [-0.4, -0.2) is 21.0 Å². The molecule has 5 nitrogen and oxygen atoms in total. The molecule has 0 fully saturated rings. The van der Waals surface area contributed by atoms with E-state index in [0.717, 1.165) is 0 Å². The van der Waals surface area contributed by atoms with Crippen LogP contribution in [0.2, 0.25) is 10.3 Å². The number of rotatable bonds is 1. The second-order valence-electron chi connectivity index (χ2n) is 1.82. The van der Waals surface area contributed by atoms with Crippen LogP contribution in [0.1, 0.15) is 10.5 Å². The molecular formula is C5H2Cl2N2O3. The predicted octanol–water partition coefficient (Wildman–Crippen LogP) is 0.775. The minimum atomic E-state index is -1.45. The molecule has 1 aromatic heterocycles. The maximum absolute atomic E-state index is 10.8. The Kier molecular flexibility index (Phi) is 2.35. The SMILES string of the molecule is O=C(O)c1nc(Cl)c(Cl)[nH]c1=O. The van der Waals surface area contributed by atoms with Crippen molar-refractivity contribution in [3.8, 4) is 0 Å². The Bertz CT molecular complexity index is 387. The van der Waals surface area contributed by atoms with E-state index in [-0.39, 0.29) is 10.3 Å². The van der Waals surface area contributed by atoms with E-state index in [2.05, 4.69) is 4.98 Å². The molecule has 0 radical (unpaired) electrons. The van der Waals surface area contributed by atoms with E-state index in [9.17, 15) is 9.59 Å². The van der Waals surface area contributed by atoms with Crippen LogP contribution < -0.4 is 5.56 Å². The molecule has 0 aliphatic carbocycles. The van der Waals surface area contributed by atoms with E-state index in [1.165, 1.54) is 0 Å². The maximum atomic E-state index is 10.8. The lowest BCUT2D eigenvalue weighted by Crippen LogP contribution is -2.19. The Hall–Kier alpha value is -1.07. The number of hydrogen-bond acceptors (Lipinski definition) is 3. The van der Waals surface area contributed by atoms with E-state index in [1.807, 2.05) is 4.98 Å². The number of nitrogens with one attached hydrogen (secondary N) is 1. The highest BCUT2D eigenvalue weighted by Gasteiger charge is 2.13. The monoisotopic (exact) mass is 208 g/mol. The minimum Gasteiger partial charge on any atom is -0.476 e. The number of carboxylic acids is 1. The molecule has 0 bridgehead atoms. The number of halogens is 2. The van der Waals surface area contributed by atoms with Crippen molar-refractivity contribution in [1.82, 2.24) is 9.97 Å². The van der Waals surface area contributed by atoms with Gasteiger partial charge in [0, 0.05) is 0 Å². The zero-order valence-electron chi connectivity index (χ0n) is 5.47. The van der Waals surface area contributed by atoms with Gasteiger partial charge in [0.15, 0.2) is 5.15 Å². The Labute approximate surface area is 76.0 Å². The molecule has 0 aliphatic heterocycles. The number of carboxylic acid groups (broad SMARTS) is 1. The second-order valence-corrected chi connectivity index (χ2v) is 2.56. The lowest BCUT2D eigenvalue weighted by atomic mass is 10.4. The van der Waals surface area contributed by atoms with Crippen LogP contribution in [0.25, 0.3) is 0 Å². The molecule has 0 aromatic carbocycles. The van der Waals surface area contributed by atoms with Gasteiger partial charge in [-0.1, -0.05) is 23.2 Å². The number of nitrogens with zero attached hydrogens (tertiary/aromatic N) is 1. The maximum Gasteiger partial charge on any atom is 0.360 e. The molecule has 1 aromatic rings. The molecule has 0 saturated carbocycles. The van der Waals surface area contributed by atoms with Crippen LogP contribution in [0.5, 0.6) is 0 Å². The van der Waals surface area contributed by atoms with Gasteiger partial charge in [-0.25, -0.2) is 9.78 Å². The summed E-state index contributed by atoms with van der Waals surface area (Å²) in [6.07, 6.45) is 0. The normalized spacial score (nSPS) is 9.83. The summed E-state index contributed by atoms with van der Waals surface area (Å²) in [4.78, 5) is 26.4. The van der Waals surface area contributed by atoms with Crippen molar-refractivity contribution in [2.75, 3.05) is 0 Å². The topological polar surface area (TPSA) is 83.0 Å². The largest absolute Gasteiger partial charge is 0.476 e. The molecule has 0 unspecified atom stereocenters. The number of hydrogen-bond donors (Lipinski definition) is 2. The Morgan fingerprint density at radius 2 is 2.08 bits per heavy atom. The van der Waals surface area contributed by atoms with Gasteiger partial charge in [-0.2, -0.15) is 0 Å². The van der Waals surface area contributed by atoms with E-state index in [0.29, 0.717) is 0 Å². The molecule has 0 spiro atoms. The van der Waals surface area contributed by atoms with Crippen LogP contribution in [0, 0.1) is 0 Å². The number of H-pyrrole nitrogens is 1. The Morgan fingerprint density at radius 1 is 1.50 bits per heavy atom. The lowest BCUT2D eigenvalue weighted by Gasteiger charge is -1.95. The van der Waals surface area contributed by atoms with Gasteiger partial charge in [0.2, 0.25) is 5.69 Å².